The van der Waals surface area contributed by atoms with E-state index in [-0.39, 0.29) is 18.7 Å². The van der Waals surface area contributed by atoms with Crippen molar-refractivity contribution in [3.8, 4) is 5.75 Å². The van der Waals surface area contributed by atoms with Gasteiger partial charge in [-0.1, -0.05) is 36.4 Å². The third kappa shape index (κ3) is 2.31. The molecular formula is C14H17NO3. The average Bonchev–Trinajstić information content (AvgIpc) is 2.39. The first-order chi connectivity index (χ1) is 8.65. The molecule has 0 aromatic heterocycles. The third-order valence-corrected chi connectivity index (χ3v) is 3.08. The highest BCUT2D eigenvalue weighted by molar-refractivity contribution is 5.89. The molecule has 0 heterocycles. The van der Waals surface area contributed by atoms with Crippen LogP contribution in [0.3, 0.4) is 0 Å². The molecule has 2 aromatic rings. The summed E-state index contributed by atoms with van der Waals surface area (Å²) in [5, 5.41) is 31.4. The van der Waals surface area contributed by atoms with Crippen LogP contribution in [-0.2, 0) is 0 Å². The maximum Gasteiger partial charge on any atom is 0.129 e. The molecule has 18 heavy (non-hydrogen) atoms. The molecular weight excluding hydrogens is 230 g/mol. The molecule has 0 amide bonds. The second kappa shape index (κ2) is 5.35. The largest absolute Gasteiger partial charge is 0.507 e. The lowest BCUT2D eigenvalue weighted by molar-refractivity contribution is 0.0138. The zero-order valence-corrected chi connectivity index (χ0v) is 9.95. The molecule has 0 spiro atoms. The Balaban J connectivity index is 2.42. The Bertz CT molecular complexity index is 542. The van der Waals surface area contributed by atoms with E-state index in [1.54, 1.807) is 12.1 Å². The van der Waals surface area contributed by atoms with E-state index >= 15 is 0 Å². The molecule has 0 saturated heterocycles. The van der Waals surface area contributed by atoms with Crippen LogP contribution in [0.25, 0.3) is 10.8 Å². The van der Waals surface area contributed by atoms with Gasteiger partial charge in [0.1, 0.15) is 11.9 Å². The maximum absolute atomic E-state index is 10.1. The Labute approximate surface area is 105 Å². The first kappa shape index (κ1) is 12.8. The maximum atomic E-state index is 10.1. The number of hydrogen-bond acceptors (Lipinski definition) is 4. The number of phenolic OH excluding ortho intramolecular Hbond substituents is 1. The Kier molecular flexibility index (Phi) is 3.81. The van der Waals surface area contributed by atoms with E-state index < -0.39 is 12.2 Å². The molecule has 0 bridgehead atoms. The number of phenols is 1. The second-order valence-electron chi connectivity index (χ2n) is 4.31. The number of fused-ring (bicyclic) bond motifs is 1. The van der Waals surface area contributed by atoms with E-state index in [2.05, 4.69) is 0 Å². The van der Waals surface area contributed by atoms with Gasteiger partial charge < -0.3 is 21.1 Å². The molecule has 96 valence electrons. The standard InChI is InChI=1S/C14H17NO3/c15-8-7-12(16)14(18)11-6-5-9-3-1-2-4-10(9)13(11)17/h1-6,12,14,16-18H,7-8,15H2. The molecule has 2 unspecified atom stereocenters. The molecule has 2 atom stereocenters. The molecule has 0 fully saturated rings. The second-order valence-corrected chi connectivity index (χ2v) is 4.31. The molecule has 2 aromatic carbocycles. The quantitative estimate of drug-likeness (QED) is 0.655. The van der Waals surface area contributed by atoms with Crippen LogP contribution in [0.1, 0.15) is 18.1 Å². The fourth-order valence-electron chi connectivity index (χ4n) is 2.05. The fraction of sp³-hybridized carbons (Fsp3) is 0.286. The zero-order valence-electron chi connectivity index (χ0n) is 9.95. The number of aliphatic hydroxyl groups is 2. The van der Waals surface area contributed by atoms with Crippen molar-refractivity contribution in [2.24, 2.45) is 5.73 Å². The lowest BCUT2D eigenvalue weighted by atomic mass is 9.97. The van der Waals surface area contributed by atoms with E-state index in [9.17, 15) is 15.3 Å². The van der Waals surface area contributed by atoms with E-state index in [4.69, 9.17) is 5.73 Å². The summed E-state index contributed by atoms with van der Waals surface area (Å²) in [7, 11) is 0. The normalized spacial score (nSPS) is 14.6. The third-order valence-electron chi connectivity index (χ3n) is 3.08. The van der Waals surface area contributed by atoms with Gasteiger partial charge in [-0.3, -0.25) is 0 Å². The highest BCUT2D eigenvalue weighted by atomic mass is 16.3. The van der Waals surface area contributed by atoms with Gasteiger partial charge in [0.15, 0.2) is 0 Å². The molecule has 0 aliphatic heterocycles. The van der Waals surface area contributed by atoms with Crippen molar-refractivity contribution in [3.05, 3.63) is 42.0 Å². The Morgan fingerprint density at radius 1 is 1.06 bits per heavy atom. The first-order valence-electron chi connectivity index (χ1n) is 5.92. The van der Waals surface area contributed by atoms with Gasteiger partial charge in [-0.15, -0.1) is 0 Å². The highest BCUT2D eigenvalue weighted by Gasteiger charge is 2.21. The van der Waals surface area contributed by atoms with Crippen molar-refractivity contribution in [1.82, 2.24) is 0 Å². The molecule has 0 radical (unpaired) electrons. The van der Waals surface area contributed by atoms with Gasteiger partial charge >= 0.3 is 0 Å². The number of rotatable bonds is 4. The van der Waals surface area contributed by atoms with E-state index in [0.717, 1.165) is 5.39 Å². The molecule has 2 rings (SSSR count). The molecule has 0 saturated carbocycles. The number of benzene rings is 2. The monoisotopic (exact) mass is 247 g/mol. The Hall–Kier alpha value is -1.62. The van der Waals surface area contributed by atoms with Crippen LogP contribution in [0.2, 0.25) is 0 Å². The van der Waals surface area contributed by atoms with Gasteiger partial charge in [0.25, 0.3) is 0 Å². The molecule has 5 N–H and O–H groups in total. The fourth-order valence-corrected chi connectivity index (χ4v) is 2.05. The highest BCUT2D eigenvalue weighted by Crippen LogP contribution is 2.34. The van der Waals surface area contributed by atoms with E-state index in [0.29, 0.717) is 10.9 Å². The van der Waals surface area contributed by atoms with Gasteiger partial charge in [0.05, 0.1) is 6.10 Å². The van der Waals surface area contributed by atoms with Crippen molar-refractivity contribution >= 4 is 10.8 Å². The van der Waals surface area contributed by atoms with Crippen LogP contribution in [0.4, 0.5) is 0 Å². The van der Waals surface area contributed by atoms with E-state index in [1.807, 2.05) is 24.3 Å². The van der Waals surface area contributed by atoms with Crippen LogP contribution < -0.4 is 5.73 Å². The van der Waals surface area contributed by atoms with Gasteiger partial charge in [-0.2, -0.15) is 0 Å². The van der Waals surface area contributed by atoms with Crippen LogP contribution in [0.15, 0.2) is 36.4 Å². The summed E-state index contributed by atoms with van der Waals surface area (Å²) in [6.45, 7) is 0.284. The van der Waals surface area contributed by atoms with Crippen molar-refractivity contribution in [2.45, 2.75) is 18.6 Å². The molecule has 0 aliphatic rings. The predicted molar refractivity (Wildman–Crippen MR) is 70.3 cm³/mol. The predicted octanol–water partition coefficient (Wildman–Crippen LogP) is 1.29. The summed E-state index contributed by atoms with van der Waals surface area (Å²) in [5.74, 6) is 0.0108. The summed E-state index contributed by atoms with van der Waals surface area (Å²) < 4.78 is 0. The smallest absolute Gasteiger partial charge is 0.129 e. The van der Waals surface area contributed by atoms with Gasteiger partial charge in [-0.05, 0) is 18.4 Å². The number of hydrogen-bond donors (Lipinski definition) is 4. The molecule has 0 aliphatic carbocycles. The number of aromatic hydroxyl groups is 1. The Morgan fingerprint density at radius 3 is 2.50 bits per heavy atom. The Morgan fingerprint density at radius 2 is 1.78 bits per heavy atom. The lowest BCUT2D eigenvalue weighted by Gasteiger charge is -2.19. The topological polar surface area (TPSA) is 86.7 Å². The van der Waals surface area contributed by atoms with Crippen LogP contribution in [0, 0.1) is 0 Å². The minimum absolute atomic E-state index is 0.0108. The average molecular weight is 247 g/mol. The van der Waals surface area contributed by atoms with Crippen molar-refractivity contribution in [1.29, 1.82) is 0 Å². The van der Waals surface area contributed by atoms with Crippen LogP contribution in [-0.4, -0.2) is 28.0 Å². The number of nitrogens with two attached hydrogens (primary N) is 1. The summed E-state index contributed by atoms with van der Waals surface area (Å²) in [6.07, 6.45) is -1.81. The summed E-state index contributed by atoms with van der Waals surface area (Å²) in [6, 6.07) is 10.8. The van der Waals surface area contributed by atoms with Gasteiger partial charge in [0, 0.05) is 10.9 Å². The van der Waals surface area contributed by atoms with Crippen molar-refractivity contribution in [3.63, 3.8) is 0 Å². The SMILES string of the molecule is NCCC(O)C(O)c1ccc2ccccc2c1O. The minimum Gasteiger partial charge on any atom is -0.507 e. The van der Waals surface area contributed by atoms with Crippen molar-refractivity contribution < 1.29 is 15.3 Å². The summed E-state index contributed by atoms with van der Waals surface area (Å²) >= 11 is 0. The van der Waals surface area contributed by atoms with Gasteiger partial charge in [-0.25, -0.2) is 0 Å². The summed E-state index contributed by atoms with van der Waals surface area (Å²) in [5.41, 5.74) is 5.67. The molecule has 4 nitrogen and oxygen atoms in total. The zero-order chi connectivity index (χ0) is 13.1. The lowest BCUT2D eigenvalue weighted by Crippen LogP contribution is -2.21. The number of aliphatic hydroxyl groups excluding tert-OH is 2. The van der Waals surface area contributed by atoms with E-state index in [1.165, 1.54) is 0 Å². The van der Waals surface area contributed by atoms with Crippen LogP contribution in [0.5, 0.6) is 5.75 Å². The first-order valence-corrected chi connectivity index (χ1v) is 5.92. The van der Waals surface area contributed by atoms with Crippen LogP contribution >= 0.6 is 0 Å². The minimum atomic E-state index is -1.13. The van der Waals surface area contributed by atoms with Gasteiger partial charge in [0.2, 0.25) is 0 Å². The van der Waals surface area contributed by atoms with Crippen molar-refractivity contribution in [2.75, 3.05) is 6.54 Å². The molecule has 4 heteroatoms. The summed E-state index contributed by atoms with van der Waals surface area (Å²) in [4.78, 5) is 0.